The molecule has 3 N–H and O–H groups in total. The number of esters is 1. The molecule has 24 heavy (non-hydrogen) atoms. The molecule has 126 valence electrons. The van der Waals surface area contributed by atoms with Gasteiger partial charge in [0.25, 0.3) is 5.91 Å². The summed E-state index contributed by atoms with van der Waals surface area (Å²) in [6.45, 7) is -0.574. The molecule has 8 heteroatoms. The minimum Gasteiger partial charge on any atom is -0.467 e. The topological polar surface area (TPSA) is 118 Å². The van der Waals surface area contributed by atoms with Gasteiger partial charge in [0.2, 0.25) is 0 Å². The number of benzene rings is 1. The lowest BCUT2D eigenvalue weighted by Gasteiger charge is -2.11. The molecule has 1 aromatic heterocycles. The van der Waals surface area contributed by atoms with Crippen LogP contribution in [0.4, 0.5) is 4.79 Å². The van der Waals surface area contributed by atoms with E-state index in [9.17, 15) is 19.5 Å². The fourth-order valence-corrected chi connectivity index (χ4v) is 1.77. The van der Waals surface area contributed by atoms with Gasteiger partial charge in [0.1, 0.15) is 5.76 Å². The first-order chi connectivity index (χ1) is 11.6. The van der Waals surface area contributed by atoms with E-state index in [1.54, 1.807) is 42.5 Å². The molecule has 0 aliphatic carbocycles. The maximum absolute atomic E-state index is 11.6. The van der Waals surface area contributed by atoms with Gasteiger partial charge in [-0.25, -0.2) is 9.59 Å². The number of hydrogen-bond donors (Lipinski definition) is 3. The standard InChI is InChI=1S/C16H16N2O6/c19-13(18-16(22)17-9-12-7-4-8-23-12)10-24-15(21)14(20)11-5-2-1-3-6-11/h1-8,14,20H,9-10H2,(H2,17,18,19,22)/t14-/m0/s1. The maximum atomic E-state index is 11.6. The second-order valence-electron chi connectivity index (χ2n) is 4.73. The average molecular weight is 332 g/mol. The van der Waals surface area contributed by atoms with Crippen LogP contribution in [0, 0.1) is 0 Å². The third-order valence-corrected chi connectivity index (χ3v) is 2.94. The maximum Gasteiger partial charge on any atom is 0.340 e. The Morgan fingerprint density at radius 3 is 2.54 bits per heavy atom. The number of aliphatic hydroxyl groups excluding tert-OH is 1. The van der Waals surface area contributed by atoms with Crippen LogP contribution in [-0.2, 0) is 20.9 Å². The van der Waals surface area contributed by atoms with Crippen molar-refractivity contribution >= 4 is 17.9 Å². The molecule has 3 amide bonds. The molecule has 0 aliphatic heterocycles. The number of furan rings is 1. The quantitative estimate of drug-likeness (QED) is 0.676. The molecule has 2 rings (SSSR count). The zero-order valence-electron chi connectivity index (χ0n) is 12.6. The highest BCUT2D eigenvalue weighted by atomic mass is 16.5. The molecule has 0 fully saturated rings. The summed E-state index contributed by atoms with van der Waals surface area (Å²) >= 11 is 0. The summed E-state index contributed by atoms with van der Waals surface area (Å²) in [6, 6.07) is 10.7. The summed E-state index contributed by atoms with van der Waals surface area (Å²) < 4.78 is 9.68. The van der Waals surface area contributed by atoms with Crippen molar-refractivity contribution in [2.75, 3.05) is 6.61 Å². The van der Waals surface area contributed by atoms with E-state index >= 15 is 0 Å². The molecule has 1 heterocycles. The Hall–Kier alpha value is -3.13. The Balaban J connectivity index is 1.70. The molecule has 0 unspecified atom stereocenters. The van der Waals surface area contributed by atoms with Gasteiger partial charge < -0.3 is 19.6 Å². The first kappa shape index (κ1) is 17.2. The average Bonchev–Trinajstić information content (AvgIpc) is 3.11. The molecule has 1 atom stereocenters. The third kappa shape index (κ3) is 5.25. The Morgan fingerprint density at radius 1 is 1.12 bits per heavy atom. The van der Waals surface area contributed by atoms with Crippen LogP contribution in [0.1, 0.15) is 17.4 Å². The van der Waals surface area contributed by atoms with E-state index in [0.29, 0.717) is 11.3 Å². The molecule has 0 saturated heterocycles. The molecule has 8 nitrogen and oxygen atoms in total. The van der Waals surface area contributed by atoms with Crippen LogP contribution in [0.15, 0.2) is 53.1 Å². The zero-order valence-corrected chi connectivity index (χ0v) is 12.6. The highest BCUT2D eigenvalue weighted by molar-refractivity contribution is 5.95. The summed E-state index contributed by atoms with van der Waals surface area (Å²) in [5.74, 6) is -1.28. The lowest BCUT2D eigenvalue weighted by atomic mass is 10.1. The van der Waals surface area contributed by atoms with E-state index in [-0.39, 0.29) is 6.54 Å². The minimum atomic E-state index is -1.49. The van der Waals surface area contributed by atoms with Gasteiger partial charge in [-0.3, -0.25) is 10.1 Å². The van der Waals surface area contributed by atoms with E-state index in [0.717, 1.165) is 0 Å². The van der Waals surface area contributed by atoms with Crippen molar-refractivity contribution in [3.63, 3.8) is 0 Å². The number of ether oxygens (including phenoxy) is 1. The molecular formula is C16H16N2O6. The SMILES string of the molecule is O=C(COC(=O)[C@@H](O)c1ccccc1)NC(=O)NCc1ccco1. The highest BCUT2D eigenvalue weighted by Gasteiger charge is 2.20. The summed E-state index contributed by atoms with van der Waals surface area (Å²) in [7, 11) is 0. The monoisotopic (exact) mass is 332 g/mol. The molecule has 2 aromatic rings. The minimum absolute atomic E-state index is 0.110. The fourth-order valence-electron chi connectivity index (χ4n) is 1.77. The number of amides is 3. The van der Waals surface area contributed by atoms with Crippen LogP contribution < -0.4 is 10.6 Å². The first-order valence-electron chi connectivity index (χ1n) is 7.06. The number of nitrogens with one attached hydrogen (secondary N) is 2. The van der Waals surface area contributed by atoms with Crippen LogP contribution >= 0.6 is 0 Å². The molecule has 0 spiro atoms. The Labute approximate surface area is 137 Å². The molecule has 1 aromatic carbocycles. The normalized spacial score (nSPS) is 11.4. The van der Waals surface area contributed by atoms with Crippen LogP contribution in [0.25, 0.3) is 0 Å². The molecular weight excluding hydrogens is 316 g/mol. The summed E-state index contributed by atoms with van der Waals surface area (Å²) in [5.41, 5.74) is 0.346. The van der Waals surface area contributed by atoms with Gasteiger partial charge in [-0.15, -0.1) is 0 Å². The third-order valence-electron chi connectivity index (χ3n) is 2.94. The van der Waals surface area contributed by atoms with E-state index < -0.39 is 30.6 Å². The van der Waals surface area contributed by atoms with Crippen molar-refractivity contribution in [1.29, 1.82) is 0 Å². The van der Waals surface area contributed by atoms with Gasteiger partial charge in [-0.2, -0.15) is 0 Å². The van der Waals surface area contributed by atoms with Crippen molar-refractivity contribution in [2.45, 2.75) is 12.6 Å². The number of urea groups is 1. The van der Waals surface area contributed by atoms with E-state index in [1.165, 1.54) is 6.26 Å². The second kappa shape index (κ2) is 8.49. The van der Waals surface area contributed by atoms with Crippen molar-refractivity contribution in [2.24, 2.45) is 0 Å². The van der Waals surface area contributed by atoms with Crippen molar-refractivity contribution in [1.82, 2.24) is 10.6 Å². The fraction of sp³-hybridized carbons (Fsp3) is 0.188. The van der Waals surface area contributed by atoms with Gasteiger partial charge in [-0.05, 0) is 17.7 Å². The first-order valence-corrected chi connectivity index (χ1v) is 7.06. The number of carbonyl (C=O) groups excluding carboxylic acids is 3. The molecule has 0 radical (unpaired) electrons. The predicted molar refractivity (Wildman–Crippen MR) is 81.4 cm³/mol. The van der Waals surface area contributed by atoms with Gasteiger partial charge >= 0.3 is 12.0 Å². The highest BCUT2D eigenvalue weighted by Crippen LogP contribution is 2.13. The van der Waals surface area contributed by atoms with Crippen molar-refractivity contribution in [3.05, 3.63) is 60.1 Å². The van der Waals surface area contributed by atoms with Gasteiger partial charge in [-0.1, -0.05) is 30.3 Å². The van der Waals surface area contributed by atoms with Gasteiger partial charge in [0, 0.05) is 0 Å². The number of hydrogen-bond acceptors (Lipinski definition) is 6. The van der Waals surface area contributed by atoms with Crippen LogP contribution in [-0.4, -0.2) is 29.6 Å². The lowest BCUT2D eigenvalue weighted by molar-refractivity contribution is -0.157. The largest absolute Gasteiger partial charge is 0.467 e. The lowest BCUT2D eigenvalue weighted by Crippen LogP contribution is -2.41. The van der Waals surface area contributed by atoms with Crippen LogP contribution in [0.2, 0.25) is 0 Å². The molecule has 0 aliphatic rings. The number of rotatable bonds is 6. The summed E-state index contributed by atoms with van der Waals surface area (Å²) in [6.07, 6.45) is -0.0378. The molecule has 0 saturated carbocycles. The Kier molecular flexibility index (Phi) is 6.09. The summed E-state index contributed by atoms with van der Waals surface area (Å²) in [4.78, 5) is 34.6. The Bertz CT molecular complexity index is 684. The van der Waals surface area contributed by atoms with Gasteiger partial charge in [0.15, 0.2) is 12.7 Å². The van der Waals surface area contributed by atoms with Crippen LogP contribution in [0.5, 0.6) is 0 Å². The number of carbonyl (C=O) groups is 3. The smallest absolute Gasteiger partial charge is 0.340 e. The number of aliphatic hydroxyl groups is 1. The Morgan fingerprint density at radius 2 is 1.88 bits per heavy atom. The van der Waals surface area contributed by atoms with E-state index in [2.05, 4.69) is 10.1 Å². The van der Waals surface area contributed by atoms with Crippen LogP contribution in [0.3, 0.4) is 0 Å². The molecule has 0 bridgehead atoms. The zero-order chi connectivity index (χ0) is 17.4. The summed E-state index contributed by atoms with van der Waals surface area (Å²) in [5, 5.41) is 14.2. The van der Waals surface area contributed by atoms with Crippen molar-refractivity contribution < 1.29 is 28.6 Å². The van der Waals surface area contributed by atoms with E-state index in [4.69, 9.17) is 4.42 Å². The van der Waals surface area contributed by atoms with Crippen molar-refractivity contribution in [3.8, 4) is 0 Å². The number of imide groups is 1. The predicted octanol–water partition coefficient (Wildman–Crippen LogP) is 0.882. The van der Waals surface area contributed by atoms with E-state index in [1.807, 2.05) is 5.32 Å². The second-order valence-corrected chi connectivity index (χ2v) is 4.73. The van der Waals surface area contributed by atoms with Gasteiger partial charge in [0.05, 0.1) is 12.8 Å².